The fourth-order valence-corrected chi connectivity index (χ4v) is 1.74. The number of ether oxygens (including phenoxy) is 1. The van der Waals surface area contributed by atoms with Gasteiger partial charge in [-0.3, -0.25) is 0 Å². The number of hydrogen-bond donors (Lipinski definition) is 1. The summed E-state index contributed by atoms with van der Waals surface area (Å²) in [6.07, 6.45) is 4.95. The smallest absolute Gasteiger partial charge is 0.246 e. The van der Waals surface area contributed by atoms with Crippen LogP contribution in [-0.2, 0) is 9.16 Å². The molecule has 0 unspecified atom stereocenters. The number of hydrogen-bond acceptors (Lipinski definition) is 3. The van der Waals surface area contributed by atoms with Crippen molar-refractivity contribution in [2.24, 2.45) is 0 Å². The highest BCUT2D eigenvalue weighted by Gasteiger charge is 2.19. The molecule has 0 aromatic carbocycles. The minimum absolute atomic E-state index is 0.0922. The molecule has 0 saturated heterocycles. The van der Waals surface area contributed by atoms with Gasteiger partial charge in [-0.15, -0.1) is 0 Å². The lowest BCUT2D eigenvalue weighted by Gasteiger charge is -2.25. The monoisotopic (exact) mass is 201 g/mol. The van der Waals surface area contributed by atoms with Gasteiger partial charge in [0, 0.05) is 13.2 Å². The van der Waals surface area contributed by atoms with Gasteiger partial charge < -0.3 is 14.3 Å². The molecule has 1 fully saturated rings. The van der Waals surface area contributed by atoms with Gasteiger partial charge in [-0.25, -0.2) is 0 Å². The van der Waals surface area contributed by atoms with Crippen molar-refractivity contribution in [3.05, 3.63) is 0 Å². The summed E-state index contributed by atoms with van der Waals surface area (Å²) in [5.74, 6) is 0. The summed E-state index contributed by atoms with van der Waals surface area (Å²) in [5, 5.41) is 9.25. The van der Waals surface area contributed by atoms with Crippen LogP contribution in [-0.4, -0.2) is 41.0 Å². The van der Waals surface area contributed by atoms with E-state index in [1.807, 2.05) is 0 Å². The lowest BCUT2D eigenvalue weighted by atomic mass is 9.95. The molecule has 75 valence electrons. The highest BCUT2D eigenvalue weighted by atomic mass is 28.2. The Morgan fingerprint density at radius 1 is 1.15 bits per heavy atom. The molecule has 3 nitrogen and oxygen atoms in total. The van der Waals surface area contributed by atoms with Crippen molar-refractivity contribution in [1.29, 1.82) is 0 Å². The van der Waals surface area contributed by atoms with Crippen LogP contribution in [0.15, 0.2) is 0 Å². The minimum Gasteiger partial charge on any atom is -0.419 e. The van der Waals surface area contributed by atoms with Gasteiger partial charge in [0.1, 0.15) is 0 Å². The summed E-state index contributed by atoms with van der Waals surface area (Å²) < 4.78 is 10.4. The molecule has 1 rings (SSSR count). The summed E-state index contributed by atoms with van der Waals surface area (Å²) >= 11 is 0. The molecule has 1 N–H and O–H groups in total. The predicted octanol–water partition coefficient (Wildman–Crippen LogP) is 0.797. The third-order valence-corrected chi connectivity index (χ3v) is 2.59. The molecule has 0 amide bonds. The van der Waals surface area contributed by atoms with E-state index >= 15 is 0 Å². The Labute approximate surface area is 83.0 Å². The van der Waals surface area contributed by atoms with Crippen molar-refractivity contribution in [2.75, 3.05) is 13.2 Å². The molecule has 0 bridgehead atoms. The van der Waals surface area contributed by atoms with E-state index < -0.39 is 0 Å². The fourth-order valence-electron chi connectivity index (χ4n) is 1.59. The van der Waals surface area contributed by atoms with Crippen molar-refractivity contribution >= 4 is 10.5 Å². The first-order chi connectivity index (χ1) is 6.33. The average Bonchev–Trinajstić information content (AvgIpc) is 2.15. The van der Waals surface area contributed by atoms with Crippen molar-refractivity contribution in [3.8, 4) is 0 Å². The van der Waals surface area contributed by atoms with E-state index in [1.54, 1.807) is 0 Å². The van der Waals surface area contributed by atoms with Gasteiger partial charge >= 0.3 is 0 Å². The predicted molar refractivity (Wildman–Crippen MR) is 50.5 cm³/mol. The molecule has 1 aliphatic rings. The van der Waals surface area contributed by atoms with Gasteiger partial charge in [0.15, 0.2) is 0 Å². The Morgan fingerprint density at radius 2 is 1.85 bits per heavy atom. The normalized spacial score (nSPS) is 29.1. The third kappa shape index (κ3) is 4.76. The van der Waals surface area contributed by atoms with Crippen LogP contribution < -0.4 is 0 Å². The van der Waals surface area contributed by atoms with Crippen molar-refractivity contribution < 1.29 is 14.3 Å². The van der Waals surface area contributed by atoms with E-state index in [0.717, 1.165) is 38.7 Å². The van der Waals surface area contributed by atoms with Crippen LogP contribution in [0.25, 0.3) is 0 Å². The summed E-state index contributed by atoms with van der Waals surface area (Å²) in [4.78, 5) is 0. The Hall–Kier alpha value is 0.0969. The summed E-state index contributed by atoms with van der Waals surface area (Å²) in [7, 11) is 2.94. The van der Waals surface area contributed by atoms with Crippen molar-refractivity contribution in [1.82, 2.24) is 0 Å². The first-order valence-corrected chi connectivity index (χ1v) is 5.32. The minimum atomic E-state index is -0.0922. The average molecular weight is 201 g/mol. The SMILES string of the molecule is OC1CCC(OCCCO[Si])CC1. The topological polar surface area (TPSA) is 38.7 Å². The highest BCUT2D eigenvalue weighted by molar-refractivity contribution is 5.97. The molecule has 0 spiro atoms. The quantitative estimate of drug-likeness (QED) is 0.528. The highest BCUT2D eigenvalue weighted by Crippen LogP contribution is 2.20. The first kappa shape index (κ1) is 11.2. The van der Waals surface area contributed by atoms with E-state index in [4.69, 9.17) is 9.16 Å². The Bertz CT molecular complexity index is 124. The second-order valence-electron chi connectivity index (χ2n) is 3.50. The third-order valence-electron chi connectivity index (χ3n) is 2.39. The summed E-state index contributed by atoms with van der Waals surface area (Å²) in [6.45, 7) is 1.44. The van der Waals surface area contributed by atoms with E-state index in [9.17, 15) is 5.11 Å². The van der Waals surface area contributed by atoms with Crippen molar-refractivity contribution in [2.45, 2.75) is 44.3 Å². The molecule has 1 saturated carbocycles. The molecule has 3 radical (unpaired) electrons. The molecule has 0 heterocycles. The Balaban J connectivity index is 1.96. The molecule has 0 aromatic rings. The molecular weight excluding hydrogens is 184 g/mol. The molecule has 13 heavy (non-hydrogen) atoms. The van der Waals surface area contributed by atoms with Crippen LogP contribution in [0.5, 0.6) is 0 Å². The second kappa shape index (κ2) is 6.54. The van der Waals surface area contributed by atoms with Crippen LogP contribution in [0.4, 0.5) is 0 Å². The lowest BCUT2D eigenvalue weighted by Crippen LogP contribution is -2.24. The molecule has 0 aromatic heterocycles. The van der Waals surface area contributed by atoms with Gasteiger partial charge in [0.25, 0.3) is 0 Å². The zero-order valence-corrected chi connectivity index (χ0v) is 8.87. The van der Waals surface area contributed by atoms with Crippen LogP contribution in [0.1, 0.15) is 32.1 Å². The summed E-state index contributed by atoms with van der Waals surface area (Å²) in [5.41, 5.74) is 0. The maximum atomic E-state index is 9.25. The fraction of sp³-hybridized carbons (Fsp3) is 1.00. The maximum absolute atomic E-state index is 9.25. The zero-order valence-electron chi connectivity index (χ0n) is 7.87. The maximum Gasteiger partial charge on any atom is 0.246 e. The Morgan fingerprint density at radius 3 is 2.46 bits per heavy atom. The van der Waals surface area contributed by atoms with Crippen LogP contribution in [0.2, 0.25) is 0 Å². The first-order valence-electron chi connectivity index (χ1n) is 4.91. The van der Waals surface area contributed by atoms with Crippen LogP contribution in [0, 0.1) is 0 Å². The molecule has 4 heteroatoms. The zero-order chi connectivity index (χ0) is 9.52. The van der Waals surface area contributed by atoms with E-state index in [-0.39, 0.29) is 6.10 Å². The summed E-state index contributed by atoms with van der Waals surface area (Å²) in [6, 6.07) is 0. The largest absolute Gasteiger partial charge is 0.419 e. The molecule has 0 aliphatic heterocycles. The standard InChI is InChI=1S/C9H17O3Si/c10-8-2-4-9(5-3-8)11-6-1-7-12-13/h8-10H,1-7H2. The van der Waals surface area contributed by atoms with Gasteiger partial charge in [0.05, 0.1) is 12.2 Å². The number of aliphatic hydroxyl groups excluding tert-OH is 1. The van der Waals surface area contributed by atoms with Crippen LogP contribution in [0.3, 0.4) is 0 Å². The second-order valence-corrected chi connectivity index (χ2v) is 3.79. The van der Waals surface area contributed by atoms with E-state index in [0.29, 0.717) is 12.7 Å². The van der Waals surface area contributed by atoms with E-state index in [2.05, 4.69) is 10.5 Å². The van der Waals surface area contributed by atoms with Crippen LogP contribution >= 0.6 is 0 Å². The molecule has 1 aliphatic carbocycles. The van der Waals surface area contributed by atoms with E-state index in [1.165, 1.54) is 0 Å². The number of aliphatic hydroxyl groups is 1. The van der Waals surface area contributed by atoms with Gasteiger partial charge in [0.2, 0.25) is 10.5 Å². The van der Waals surface area contributed by atoms with Gasteiger partial charge in [-0.05, 0) is 32.1 Å². The van der Waals surface area contributed by atoms with Crippen molar-refractivity contribution in [3.63, 3.8) is 0 Å². The van der Waals surface area contributed by atoms with Gasteiger partial charge in [-0.2, -0.15) is 0 Å². The number of rotatable bonds is 5. The molecular formula is C9H17O3Si. The van der Waals surface area contributed by atoms with Gasteiger partial charge in [-0.1, -0.05) is 0 Å². The Kier molecular flexibility index (Phi) is 5.62. The lowest BCUT2D eigenvalue weighted by molar-refractivity contribution is -0.00646. The molecule has 0 atom stereocenters.